The molecule has 100 valence electrons. The van der Waals surface area contributed by atoms with Crippen LogP contribution in [-0.4, -0.2) is 25.2 Å². The van der Waals surface area contributed by atoms with Crippen molar-refractivity contribution < 1.29 is 8.42 Å². The van der Waals surface area contributed by atoms with E-state index >= 15 is 0 Å². The molecule has 0 fully saturated rings. The molecule has 3 rings (SSSR count). The van der Waals surface area contributed by atoms with Crippen molar-refractivity contribution in [1.29, 1.82) is 0 Å². The molecule has 0 saturated carbocycles. The second-order valence-corrected chi connectivity index (χ2v) is 6.08. The third kappa shape index (κ3) is 2.41. The van der Waals surface area contributed by atoms with Gasteiger partial charge in [-0.05, 0) is 36.6 Å². The van der Waals surface area contributed by atoms with Gasteiger partial charge < -0.3 is 5.32 Å². The Labute approximate surface area is 111 Å². The van der Waals surface area contributed by atoms with Crippen LogP contribution < -0.4 is 10.0 Å². The number of benzene rings is 1. The van der Waals surface area contributed by atoms with Crippen molar-refractivity contribution in [2.45, 2.75) is 17.9 Å². The first-order valence-electron chi connectivity index (χ1n) is 6.04. The largest absolute Gasteiger partial charge is 0.385 e. The molecule has 0 amide bonds. The molecule has 3 N–H and O–H groups in total. The lowest BCUT2D eigenvalue weighted by molar-refractivity contribution is 0.597. The third-order valence-electron chi connectivity index (χ3n) is 3.07. The van der Waals surface area contributed by atoms with Crippen LogP contribution in [0.1, 0.15) is 12.0 Å². The lowest BCUT2D eigenvalue weighted by Gasteiger charge is -2.19. The standard InChI is InChI=1S/C12H14N4O2S/c17-19(18,12-5-7-14-15-12)16-10-4-3-9-2-1-6-13-11(9)8-10/h3-5,7-8,13,16H,1-2,6H2,(H,14,15). The summed E-state index contributed by atoms with van der Waals surface area (Å²) >= 11 is 0. The molecule has 0 saturated heterocycles. The number of H-pyrrole nitrogens is 1. The minimum atomic E-state index is -3.59. The minimum Gasteiger partial charge on any atom is -0.385 e. The molecule has 1 aromatic carbocycles. The van der Waals surface area contributed by atoms with E-state index in [2.05, 4.69) is 20.2 Å². The first kappa shape index (κ1) is 12.0. The first-order valence-corrected chi connectivity index (χ1v) is 7.52. The van der Waals surface area contributed by atoms with Crippen molar-refractivity contribution in [3.63, 3.8) is 0 Å². The molecule has 0 atom stereocenters. The van der Waals surface area contributed by atoms with E-state index in [0.29, 0.717) is 5.69 Å². The Balaban J connectivity index is 1.88. The van der Waals surface area contributed by atoms with Gasteiger partial charge >= 0.3 is 0 Å². The molecule has 1 aliphatic heterocycles. The maximum Gasteiger partial charge on any atom is 0.278 e. The maximum atomic E-state index is 12.0. The first-order chi connectivity index (χ1) is 9.15. The molecule has 0 unspecified atom stereocenters. The molecular formula is C12H14N4O2S. The molecule has 7 heteroatoms. The fourth-order valence-corrected chi connectivity index (χ4v) is 3.09. The second kappa shape index (κ2) is 4.58. The highest BCUT2D eigenvalue weighted by Crippen LogP contribution is 2.26. The van der Waals surface area contributed by atoms with Crippen molar-refractivity contribution in [1.82, 2.24) is 10.2 Å². The molecule has 1 aromatic heterocycles. The molecule has 1 aliphatic rings. The van der Waals surface area contributed by atoms with Gasteiger partial charge in [0, 0.05) is 12.2 Å². The number of rotatable bonds is 3. The Bertz CT molecular complexity index is 680. The molecule has 0 bridgehead atoms. The van der Waals surface area contributed by atoms with Crippen molar-refractivity contribution >= 4 is 21.4 Å². The summed E-state index contributed by atoms with van der Waals surface area (Å²) in [6.45, 7) is 0.920. The van der Waals surface area contributed by atoms with Crippen LogP contribution in [0.25, 0.3) is 0 Å². The monoisotopic (exact) mass is 278 g/mol. The van der Waals surface area contributed by atoms with Crippen molar-refractivity contribution in [2.75, 3.05) is 16.6 Å². The van der Waals surface area contributed by atoms with Gasteiger partial charge in [0.25, 0.3) is 10.0 Å². The van der Waals surface area contributed by atoms with E-state index in [9.17, 15) is 8.42 Å². The average molecular weight is 278 g/mol. The number of nitrogens with one attached hydrogen (secondary N) is 3. The number of sulfonamides is 1. The van der Waals surface area contributed by atoms with E-state index in [-0.39, 0.29) is 5.03 Å². The summed E-state index contributed by atoms with van der Waals surface area (Å²) in [6, 6.07) is 6.97. The van der Waals surface area contributed by atoms with Gasteiger partial charge in [-0.1, -0.05) is 6.07 Å². The average Bonchev–Trinajstić information content (AvgIpc) is 2.93. The van der Waals surface area contributed by atoms with Gasteiger partial charge in [-0.15, -0.1) is 0 Å². The Morgan fingerprint density at radius 2 is 2.16 bits per heavy atom. The highest BCUT2D eigenvalue weighted by Gasteiger charge is 2.16. The summed E-state index contributed by atoms with van der Waals surface area (Å²) in [7, 11) is -3.59. The minimum absolute atomic E-state index is 0.0539. The van der Waals surface area contributed by atoms with Gasteiger partial charge in [-0.3, -0.25) is 9.82 Å². The smallest absolute Gasteiger partial charge is 0.278 e. The fourth-order valence-electron chi connectivity index (χ4n) is 2.13. The van der Waals surface area contributed by atoms with Crippen LogP contribution >= 0.6 is 0 Å². The van der Waals surface area contributed by atoms with Crippen molar-refractivity contribution in [3.8, 4) is 0 Å². The second-order valence-electron chi connectivity index (χ2n) is 4.43. The van der Waals surface area contributed by atoms with E-state index in [4.69, 9.17) is 0 Å². The number of hydrogen-bond acceptors (Lipinski definition) is 4. The van der Waals surface area contributed by atoms with Crippen LogP contribution in [0.15, 0.2) is 35.5 Å². The zero-order valence-electron chi connectivity index (χ0n) is 10.2. The van der Waals surface area contributed by atoms with Gasteiger partial charge in [0.05, 0.1) is 11.9 Å². The van der Waals surface area contributed by atoms with E-state index in [1.165, 1.54) is 17.8 Å². The SMILES string of the molecule is O=S(=O)(Nc1ccc2c(c1)NCCC2)c1ccn[nH]1. The molecule has 0 aliphatic carbocycles. The topological polar surface area (TPSA) is 86.9 Å². The Morgan fingerprint density at radius 1 is 1.26 bits per heavy atom. The van der Waals surface area contributed by atoms with Crippen LogP contribution in [0, 0.1) is 0 Å². The normalized spacial score (nSPS) is 14.5. The van der Waals surface area contributed by atoms with E-state index in [1.54, 1.807) is 6.07 Å². The molecule has 0 spiro atoms. The third-order valence-corrected chi connectivity index (χ3v) is 4.38. The molecule has 6 nitrogen and oxygen atoms in total. The van der Waals surface area contributed by atoms with Crippen LogP contribution in [0.4, 0.5) is 11.4 Å². The van der Waals surface area contributed by atoms with Crippen molar-refractivity contribution in [3.05, 3.63) is 36.0 Å². The summed E-state index contributed by atoms with van der Waals surface area (Å²) in [5, 5.41) is 9.41. The number of aromatic nitrogens is 2. The summed E-state index contributed by atoms with van der Waals surface area (Å²) in [5.41, 5.74) is 2.76. The van der Waals surface area contributed by atoms with Crippen molar-refractivity contribution in [2.24, 2.45) is 0 Å². The zero-order chi connectivity index (χ0) is 13.3. The number of aromatic amines is 1. The lowest BCUT2D eigenvalue weighted by atomic mass is 10.0. The molecule has 19 heavy (non-hydrogen) atoms. The number of aryl methyl sites for hydroxylation is 1. The van der Waals surface area contributed by atoms with Crippen LogP contribution in [0.5, 0.6) is 0 Å². The highest BCUT2D eigenvalue weighted by molar-refractivity contribution is 7.92. The van der Waals surface area contributed by atoms with E-state index < -0.39 is 10.0 Å². The quantitative estimate of drug-likeness (QED) is 0.795. The van der Waals surface area contributed by atoms with Gasteiger partial charge in [-0.25, -0.2) is 0 Å². The van der Waals surface area contributed by atoms with E-state index in [0.717, 1.165) is 25.1 Å². The highest BCUT2D eigenvalue weighted by atomic mass is 32.2. The molecule has 2 aromatic rings. The van der Waals surface area contributed by atoms with Gasteiger partial charge in [0.2, 0.25) is 0 Å². The zero-order valence-corrected chi connectivity index (χ0v) is 11.0. The Morgan fingerprint density at radius 3 is 2.95 bits per heavy atom. The summed E-state index contributed by atoms with van der Waals surface area (Å²) < 4.78 is 26.6. The summed E-state index contributed by atoms with van der Waals surface area (Å²) in [4.78, 5) is 0. The molecule has 0 radical (unpaired) electrons. The fraction of sp³-hybridized carbons (Fsp3) is 0.250. The van der Waals surface area contributed by atoms with E-state index in [1.807, 2.05) is 12.1 Å². The Hall–Kier alpha value is -2.02. The maximum absolute atomic E-state index is 12.0. The van der Waals surface area contributed by atoms with Gasteiger partial charge in [0.1, 0.15) is 0 Å². The number of hydrogen-bond donors (Lipinski definition) is 3. The summed E-state index contributed by atoms with van der Waals surface area (Å²) in [5.74, 6) is 0. The lowest BCUT2D eigenvalue weighted by Crippen LogP contribution is -2.15. The van der Waals surface area contributed by atoms with Crippen LogP contribution in [0.3, 0.4) is 0 Å². The predicted octanol–water partition coefficient (Wildman–Crippen LogP) is 1.57. The molecule has 2 heterocycles. The number of nitrogens with zero attached hydrogens (tertiary/aromatic N) is 1. The van der Waals surface area contributed by atoms with Gasteiger partial charge in [0.15, 0.2) is 5.03 Å². The summed E-state index contributed by atoms with van der Waals surface area (Å²) in [6.07, 6.45) is 3.53. The number of anilines is 2. The Kier molecular flexibility index (Phi) is 2.90. The number of fused-ring (bicyclic) bond motifs is 1. The van der Waals surface area contributed by atoms with Crippen LogP contribution in [0.2, 0.25) is 0 Å². The predicted molar refractivity (Wildman–Crippen MR) is 72.6 cm³/mol. The molecular weight excluding hydrogens is 264 g/mol. The van der Waals surface area contributed by atoms with Crippen LogP contribution in [-0.2, 0) is 16.4 Å². The van der Waals surface area contributed by atoms with Gasteiger partial charge in [-0.2, -0.15) is 13.5 Å².